The van der Waals surface area contributed by atoms with Crippen molar-refractivity contribution in [1.29, 1.82) is 0 Å². The average Bonchev–Trinajstić information content (AvgIpc) is 3.37. The molecule has 0 radical (unpaired) electrons. The van der Waals surface area contributed by atoms with E-state index in [1.54, 1.807) is 12.4 Å². The van der Waals surface area contributed by atoms with Gasteiger partial charge in [0, 0.05) is 46.6 Å². The van der Waals surface area contributed by atoms with E-state index in [1.807, 2.05) is 30.5 Å². The molecule has 0 unspecified atom stereocenters. The highest BCUT2D eigenvalue weighted by Crippen LogP contribution is 2.36. The van der Waals surface area contributed by atoms with Crippen molar-refractivity contribution in [2.45, 2.75) is 38.1 Å². The lowest BCUT2D eigenvalue weighted by Crippen LogP contribution is -2.41. The van der Waals surface area contributed by atoms with Crippen LogP contribution in [0.15, 0.2) is 42.9 Å². The fourth-order valence-electron chi connectivity index (χ4n) is 4.73. The number of fused-ring (bicyclic) bond motifs is 1. The van der Waals surface area contributed by atoms with Crippen LogP contribution in [-0.2, 0) is 24.1 Å². The number of rotatable bonds is 4. The Morgan fingerprint density at radius 2 is 1.87 bits per heavy atom. The maximum atomic E-state index is 13.2. The molecule has 2 aliphatic rings. The molecule has 0 spiro atoms. The predicted octanol–water partition coefficient (Wildman–Crippen LogP) is 4.73. The van der Waals surface area contributed by atoms with Crippen molar-refractivity contribution >= 4 is 29.1 Å². The van der Waals surface area contributed by atoms with E-state index in [0.717, 1.165) is 48.9 Å². The lowest BCUT2D eigenvalue weighted by atomic mass is 9.92. The third-order valence-electron chi connectivity index (χ3n) is 6.39. The van der Waals surface area contributed by atoms with E-state index in [9.17, 15) is 4.79 Å². The zero-order chi connectivity index (χ0) is 20.7. The van der Waals surface area contributed by atoms with E-state index in [-0.39, 0.29) is 17.9 Å². The number of likely N-dealkylation sites (tertiary alicyclic amines) is 1. The largest absolute Gasteiger partial charge is 0.339 e. The van der Waals surface area contributed by atoms with Crippen molar-refractivity contribution in [1.82, 2.24) is 20.1 Å². The van der Waals surface area contributed by atoms with E-state index >= 15 is 0 Å². The van der Waals surface area contributed by atoms with Gasteiger partial charge in [-0.1, -0.05) is 23.2 Å². The van der Waals surface area contributed by atoms with Crippen LogP contribution in [0.3, 0.4) is 0 Å². The standard InChI is InChI=1S/C23H22Cl2N4O/c24-20-11-16(14-3-6-26-7-4-14)12-21(25)19(20)10-15-5-8-29(23(15)30)18-1-2-22-17(9-18)13-27-28-22/h3-4,6-7,11-13,15,18H,1-2,5,8-10H2,(H,27,28)/t15-,18-/m0/s1. The van der Waals surface area contributed by atoms with Crippen molar-refractivity contribution in [2.24, 2.45) is 5.92 Å². The summed E-state index contributed by atoms with van der Waals surface area (Å²) in [6.07, 6.45) is 9.61. The Labute approximate surface area is 185 Å². The van der Waals surface area contributed by atoms with Crippen molar-refractivity contribution < 1.29 is 4.79 Å². The molecule has 3 heterocycles. The van der Waals surface area contributed by atoms with Gasteiger partial charge in [-0.2, -0.15) is 5.10 Å². The van der Waals surface area contributed by atoms with Gasteiger partial charge in [0.15, 0.2) is 0 Å². The molecular formula is C23H22Cl2N4O. The van der Waals surface area contributed by atoms with Crippen LogP contribution in [0.25, 0.3) is 11.1 Å². The van der Waals surface area contributed by atoms with Crippen molar-refractivity contribution in [3.8, 4) is 11.1 Å². The minimum absolute atomic E-state index is 0.0717. The summed E-state index contributed by atoms with van der Waals surface area (Å²) < 4.78 is 0. The number of H-pyrrole nitrogens is 1. The van der Waals surface area contributed by atoms with Gasteiger partial charge in [0.2, 0.25) is 5.91 Å². The molecule has 1 aliphatic carbocycles. The Bertz CT molecular complexity index is 1060. The average molecular weight is 441 g/mol. The summed E-state index contributed by atoms with van der Waals surface area (Å²) in [5.74, 6) is 0.148. The summed E-state index contributed by atoms with van der Waals surface area (Å²) in [4.78, 5) is 19.3. The number of aryl methyl sites for hydroxylation is 1. The summed E-state index contributed by atoms with van der Waals surface area (Å²) >= 11 is 13.2. The molecule has 1 saturated heterocycles. The molecule has 3 aromatic rings. The molecule has 30 heavy (non-hydrogen) atoms. The van der Waals surface area contributed by atoms with E-state index < -0.39 is 0 Å². The third kappa shape index (κ3) is 3.61. The van der Waals surface area contributed by atoms with Gasteiger partial charge in [-0.3, -0.25) is 14.9 Å². The monoisotopic (exact) mass is 440 g/mol. The van der Waals surface area contributed by atoms with Gasteiger partial charge in [-0.05, 0) is 78.6 Å². The van der Waals surface area contributed by atoms with Crippen molar-refractivity contribution in [3.05, 3.63) is 69.7 Å². The quantitative estimate of drug-likeness (QED) is 0.637. The van der Waals surface area contributed by atoms with Gasteiger partial charge >= 0.3 is 0 Å². The molecule has 7 heteroatoms. The molecule has 1 N–H and O–H groups in total. The summed E-state index contributed by atoms with van der Waals surface area (Å²) in [7, 11) is 0. The molecule has 5 rings (SSSR count). The number of aromatic amines is 1. The fraction of sp³-hybridized carbons (Fsp3) is 0.348. The van der Waals surface area contributed by atoms with Crippen LogP contribution in [-0.4, -0.2) is 38.6 Å². The molecule has 1 aliphatic heterocycles. The minimum atomic E-state index is -0.0717. The lowest BCUT2D eigenvalue weighted by molar-refractivity contribution is -0.133. The van der Waals surface area contributed by atoms with Crippen LogP contribution >= 0.6 is 23.2 Å². The van der Waals surface area contributed by atoms with Gasteiger partial charge in [0.1, 0.15) is 0 Å². The highest BCUT2D eigenvalue weighted by Gasteiger charge is 2.37. The molecule has 1 fully saturated rings. The third-order valence-corrected chi connectivity index (χ3v) is 7.06. The van der Waals surface area contributed by atoms with Gasteiger partial charge in [0.25, 0.3) is 0 Å². The first-order valence-corrected chi connectivity index (χ1v) is 11.1. The van der Waals surface area contributed by atoms with E-state index in [1.165, 1.54) is 11.3 Å². The van der Waals surface area contributed by atoms with Crippen molar-refractivity contribution in [2.75, 3.05) is 6.54 Å². The number of hydrogen-bond acceptors (Lipinski definition) is 3. The van der Waals surface area contributed by atoms with Crippen molar-refractivity contribution in [3.63, 3.8) is 0 Å². The molecule has 1 aromatic carbocycles. The smallest absolute Gasteiger partial charge is 0.226 e. The number of halogens is 2. The zero-order valence-electron chi connectivity index (χ0n) is 16.4. The zero-order valence-corrected chi connectivity index (χ0v) is 18.0. The number of hydrogen-bond donors (Lipinski definition) is 1. The summed E-state index contributed by atoms with van der Waals surface area (Å²) in [5.41, 5.74) is 5.27. The van der Waals surface area contributed by atoms with Crippen LogP contribution < -0.4 is 0 Å². The summed E-state index contributed by atoms with van der Waals surface area (Å²) in [6.45, 7) is 0.797. The Kier molecular flexibility index (Phi) is 5.25. The number of benzene rings is 1. The highest BCUT2D eigenvalue weighted by molar-refractivity contribution is 6.36. The molecule has 0 bridgehead atoms. The topological polar surface area (TPSA) is 61.9 Å². The second-order valence-electron chi connectivity index (χ2n) is 8.15. The number of nitrogens with one attached hydrogen (secondary N) is 1. The minimum Gasteiger partial charge on any atom is -0.339 e. The number of nitrogens with zero attached hydrogens (tertiary/aromatic N) is 3. The van der Waals surface area contributed by atoms with E-state index in [4.69, 9.17) is 23.2 Å². The fourth-order valence-corrected chi connectivity index (χ4v) is 5.37. The lowest BCUT2D eigenvalue weighted by Gasteiger charge is -2.31. The second kappa shape index (κ2) is 8.05. The molecule has 154 valence electrons. The number of carbonyl (C=O) groups excluding carboxylic acids is 1. The van der Waals surface area contributed by atoms with Gasteiger partial charge in [-0.25, -0.2) is 0 Å². The number of aromatic nitrogens is 3. The number of carbonyl (C=O) groups is 1. The molecular weight excluding hydrogens is 419 g/mol. The first kappa shape index (κ1) is 19.6. The Hall–Kier alpha value is -2.37. The molecule has 5 nitrogen and oxygen atoms in total. The van der Waals surface area contributed by atoms with Crippen LogP contribution in [0.2, 0.25) is 10.0 Å². The maximum absolute atomic E-state index is 13.2. The highest BCUT2D eigenvalue weighted by atomic mass is 35.5. The summed E-state index contributed by atoms with van der Waals surface area (Å²) in [5, 5.41) is 8.43. The van der Waals surface area contributed by atoms with Crippen LogP contribution in [0.1, 0.15) is 29.7 Å². The first-order valence-electron chi connectivity index (χ1n) is 10.3. The normalized spacial score (nSPS) is 21.1. The second-order valence-corrected chi connectivity index (χ2v) is 8.96. The molecule has 2 atom stereocenters. The van der Waals surface area contributed by atoms with Crippen LogP contribution in [0.5, 0.6) is 0 Å². The first-order chi connectivity index (χ1) is 14.6. The maximum Gasteiger partial charge on any atom is 0.226 e. The van der Waals surface area contributed by atoms with E-state index in [2.05, 4.69) is 20.1 Å². The Morgan fingerprint density at radius 3 is 2.63 bits per heavy atom. The van der Waals surface area contributed by atoms with Gasteiger partial charge in [0.05, 0.1) is 6.20 Å². The van der Waals surface area contributed by atoms with E-state index in [0.29, 0.717) is 16.5 Å². The molecule has 2 aromatic heterocycles. The predicted molar refractivity (Wildman–Crippen MR) is 118 cm³/mol. The SMILES string of the molecule is O=C1[C@H](Cc2c(Cl)cc(-c3ccncc3)cc2Cl)CCN1[C@H]1CCc2[nH]ncc2C1. The van der Waals surface area contributed by atoms with Crippen LogP contribution in [0.4, 0.5) is 0 Å². The summed E-state index contributed by atoms with van der Waals surface area (Å²) in [6, 6.07) is 7.96. The number of amides is 1. The molecule has 1 amide bonds. The Balaban J connectivity index is 1.31. The van der Waals surface area contributed by atoms with Crippen LogP contribution in [0, 0.1) is 5.92 Å². The Morgan fingerprint density at radius 1 is 1.10 bits per heavy atom. The number of pyridine rings is 1. The van der Waals surface area contributed by atoms with Gasteiger partial charge in [-0.15, -0.1) is 0 Å². The molecule has 0 saturated carbocycles. The van der Waals surface area contributed by atoms with Gasteiger partial charge < -0.3 is 4.90 Å².